The fourth-order valence-corrected chi connectivity index (χ4v) is 1.87. The Balaban J connectivity index is 2.37. The third-order valence-electron chi connectivity index (χ3n) is 2.97. The molecule has 0 aliphatic carbocycles. The van der Waals surface area contributed by atoms with Crippen LogP contribution < -0.4 is 4.74 Å². The van der Waals surface area contributed by atoms with Gasteiger partial charge in [0.2, 0.25) is 5.75 Å². The van der Waals surface area contributed by atoms with Crippen molar-refractivity contribution >= 4 is 17.6 Å². The number of aryl methyl sites for hydroxylation is 1. The highest BCUT2D eigenvalue weighted by molar-refractivity contribution is 5.85. The quantitative estimate of drug-likeness (QED) is 0.517. The second kappa shape index (κ2) is 6.71. The Bertz CT molecular complexity index is 709. The molecule has 0 saturated carbocycles. The summed E-state index contributed by atoms with van der Waals surface area (Å²) in [6.07, 6.45) is 1.50. The van der Waals surface area contributed by atoms with Crippen molar-refractivity contribution in [2.75, 3.05) is 6.61 Å². The molecule has 114 valence electrons. The number of hydrogen-bond acceptors (Lipinski definition) is 5. The highest BCUT2D eigenvalue weighted by Gasteiger charge is 2.19. The maximum atomic E-state index is 11.0. The van der Waals surface area contributed by atoms with Crippen molar-refractivity contribution in [2.24, 2.45) is 4.99 Å². The van der Waals surface area contributed by atoms with Gasteiger partial charge in [0.15, 0.2) is 5.75 Å². The van der Waals surface area contributed by atoms with Gasteiger partial charge in [-0.05, 0) is 32.0 Å². The van der Waals surface area contributed by atoms with Crippen LogP contribution in [0.1, 0.15) is 18.1 Å². The number of nitro groups is 1. The van der Waals surface area contributed by atoms with Crippen molar-refractivity contribution in [1.82, 2.24) is 0 Å². The standard InChI is InChI=1S/C16H16N2O4/c1-3-22-15-9-12(8-14(16(15)19)18(20)21)10-17-13-6-4-11(2)5-7-13/h4-10,19H,3H2,1-2H3. The smallest absolute Gasteiger partial charge is 0.315 e. The maximum Gasteiger partial charge on any atom is 0.315 e. The summed E-state index contributed by atoms with van der Waals surface area (Å²) in [6.45, 7) is 4.01. The number of benzene rings is 2. The number of phenols is 1. The number of nitro benzene ring substituents is 1. The summed E-state index contributed by atoms with van der Waals surface area (Å²) in [4.78, 5) is 14.6. The molecule has 0 spiro atoms. The van der Waals surface area contributed by atoms with Crippen molar-refractivity contribution in [1.29, 1.82) is 0 Å². The van der Waals surface area contributed by atoms with Crippen molar-refractivity contribution in [2.45, 2.75) is 13.8 Å². The number of aromatic hydroxyl groups is 1. The molecule has 1 N–H and O–H groups in total. The minimum atomic E-state index is -0.652. The molecule has 2 aromatic carbocycles. The molecular formula is C16H16N2O4. The van der Waals surface area contributed by atoms with E-state index in [1.165, 1.54) is 18.3 Å². The number of hydrogen-bond donors (Lipinski definition) is 1. The lowest BCUT2D eigenvalue weighted by atomic mass is 10.2. The molecule has 0 fully saturated rings. The normalized spacial score (nSPS) is 10.8. The molecule has 0 aliphatic rings. The fourth-order valence-electron chi connectivity index (χ4n) is 1.87. The second-order valence-electron chi connectivity index (χ2n) is 4.67. The maximum absolute atomic E-state index is 11.0. The largest absolute Gasteiger partial charge is 0.500 e. The lowest BCUT2D eigenvalue weighted by molar-refractivity contribution is -0.386. The van der Waals surface area contributed by atoms with Crippen LogP contribution in [0.3, 0.4) is 0 Å². The van der Waals surface area contributed by atoms with Crippen molar-refractivity contribution in [3.8, 4) is 11.5 Å². The van der Waals surface area contributed by atoms with Gasteiger partial charge in [-0.3, -0.25) is 15.1 Å². The number of aliphatic imine (C=N–C) groups is 1. The SMILES string of the molecule is CCOc1cc(C=Nc2ccc(C)cc2)cc([N+](=O)[O-])c1O. The van der Waals surface area contributed by atoms with Crippen LogP contribution in [0.15, 0.2) is 41.4 Å². The zero-order chi connectivity index (χ0) is 16.1. The first-order valence-electron chi connectivity index (χ1n) is 6.76. The molecule has 0 amide bonds. The third-order valence-corrected chi connectivity index (χ3v) is 2.97. The van der Waals surface area contributed by atoms with Gasteiger partial charge in [-0.1, -0.05) is 17.7 Å². The van der Waals surface area contributed by atoms with Crippen LogP contribution in [0.2, 0.25) is 0 Å². The zero-order valence-electron chi connectivity index (χ0n) is 12.3. The van der Waals surface area contributed by atoms with Gasteiger partial charge in [-0.15, -0.1) is 0 Å². The number of nitrogens with zero attached hydrogens (tertiary/aromatic N) is 2. The predicted octanol–water partition coefficient (Wildman–Crippen LogP) is 3.76. The Kier molecular flexibility index (Phi) is 4.73. The molecule has 0 heterocycles. The molecule has 6 heteroatoms. The Labute approximate surface area is 127 Å². The Morgan fingerprint density at radius 2 is 2.00 bits per heavy atom. The molecule has 0 atom stereocenters. The van der Waals surface area contributed by atoms with Gasteiger partial charge in [-0.2, -0.15) is 0 Å². The molecule has 0 saturated heterocycles. The number of ether oxygens (including phenoxy) is 1. The lowest BCUT2D eigenvalue weighted by Crippen LogP contribution is -1.97. The van der Waals surface area contributed by atoms with Gasteiger partial charge in [0.05, 0.1) is 17.2 Å². The second-order valence-corrected chi connectivity index (χ2v) is 4.67. The number of rotatable bonds is 5. The molecule has 22 heavy (non-hydrogen) atoms. The molecule has 2 aromatic rings. The van der Waals surface area contributed by atoms with Crippen LogP contribution >= 0.6 is 0 Å². The van der Waals surface area contributed by atoms with E-state index in [0.29, 0.717) is 12.2 Å². The molecule has 0 bridgehead atoms. The zero-order valence-corrected chi connectivity index (χ0v) is 12.3. The van der Waals surface area contributed by atoms with Crippen molar-refractivity contribution < 1.29 is 14.8 Å². The molecule has 6 nitrogen and oxygen atoms in total. The molecule has 2 rings (SSSR count). The first kappa shape index (κ1) is 15.5. The summed E-state index contributed by atoms with van der Waals surface area (Å²) in [5.74, 6) is -0.401. The summed E-state index contributed by atoms with van der Waals surface area (Å²) >= 11 is 0. The van der Waals surface area contributed by atoms with E-state index in [4.69, 9.17) is 4.74 Å². The minimum Gasteiger partial charge on any atom is -0.500 e. The van der Waals surface area contributed by atoms with E-state index >= 15 is 0 Å². The van der Waals surface area contributed by atoms with Gasteiger partial charge in [0.25, 0.3) is 0 Å². The van der Waals surface area contributed by atoms with Crippen LogP contribution in [-0.2, 0) is 0 Å². The van der Waals surface area contributed by atoms with Gasteiger partial charge in [0.1, 0.15) is 0 Å². The highest BCUT2D eigenvalue weighted by atomic mass is 16.6. The molecular weight excluding hydrogens is 284 g/mol. The van der Waals surface area contributed by atoms with Gasteiger partial charge < -0.3 is 9.84 Å². The van der Waals surface area contributed by atoms with Crippen LogP contribution in [0, 0.1) is 17.0 Å². The Morgan fingerprint density at radius 1 is 1.32 bits per heavy atom. The van der Waals surface area contributed by atoms with E-state index in [1.807, 2.05) is 31.2 Å². The van der Waals surface area contributed by atoms with E-state index in [-0.39, 0.29) is 5.75 Å². The molecule has 0 unspecified atom stereocenters. The van der Waals surface area contributed by atoms with E-state index < -0.39 is 16.4 Å². The predicted molar refractivity (Wildman–Crippen MR) is 84.4 cm³/mol. The van der Waals surface area contributed by atoms with Crippen LogP contribution in [0.5, 0.6) is 11.5 Å². The summed E-state index contributed by atoms with van der Waals surface area (Å²) in [5.41, 5.74) is 1.93. The average Bonchev–Trinajstić information content (AvgIpc) is 2.49. The van der Waals surface area contributed by atoms with Crippen molar-refractivity contribution in [3.05, 3.63) is 57.6 Å². The molecule has 0 aromatic heterocycles. The van der Waals surface area contributed by atoms with Crippen molar-refractivity contribution in [3.63, 3.8) is 0 Å². The van der Waals surface area contributed by atoms with E-state index in [2.05, 4.69) is 4.99 Å². The summed E-state index contributed by atoms with van der Waals surface area (Å²) in [7, 11) is 0. The number of phenolic OH excluding ortho intramolecular Hbond substituents is 1. The van der Waals surface area contributed by atoms with Gasteiger partial charge >= 0.3 is 5.69 Å². The topological polar surface area (TPSA) is 85.0 Å². The summed E-state index contributed by atoms with van der Waals surface area (Å²) in [6, 6.07) is 10.3. The van der Waals surface area contributed by atoms with Gasteiger partial charge in [-0.25, -0.2) is 0 Å². The van der Waals surface area contributed by atoms with Gasteiger partial charge in [0, 0.05) is 17.8 Å². The third kappa shape index (κ3) is 3.60. The Hall–Kier alpha value is -2.89. The minimum absolute atomic E-state index is 0.0713. The van der Waals surface area contributed by atoms with Crippen LogP contribution in [-0.4, -0.2) is 22.9 Å². The Morgan fingerprint density at radius 3 is 2.59 bits per heavy atom. The average molecular weight is 300 g/mol. The molecule has 0 radical (unpaired) electrons. The van der Waals surface area contributed by atoms with Crippen LogP contribution in [0.25, 0.3) is 0 Å². The van der Waals surface area contributed by atoms with Crippen LogP contribution in [0.4, 0.5) is 11.4 Å². The molecule has 0 aliphatic heterocycles. The van der Waals surface area contributed by atoms with E-state index in [0.717, 1.165) is 11.3 Å². The first-order chi connectivity index (χ1) is 10.5. The lowest BCUT2D eigenvalue weighted by Gasteiger charge is -2.07. The van der Waals surface area contributed by atoms with E-state index in [9.17, 15) is 15.2 Å². The first-order valence-corrected chi connectivity index (χ1v) is 6.76. The summed E-state index contributed by atoms with van der Waals surface area (Å²) in [5, 5.41) is 20.8. The fraction of sp³-hybridized carbons (Fsp3) is 0.188. The summed E-state index contributed by atoms with van der Waals surface area (Å²) < 4.78 is 5.22. The van der Waals surface area contributed by atoms with E-state index in [1.54, 1.807) is 6.92 Å². The highest BCUT2D eigenvalue weighted by Crippen LogP contribution is 2.36. The monoisotopic (exact) mass is 300 g/mol.